The molecule has 0 atom stereocenters. The normalized spacial score (nSPS) is 10.5. The van der Waals surface area contributed by atoms with Gasteiger partial charge in [0.25, 0.3) is 6.43 Å². The third-order valence-electron chi connectivity index (χ3n) is 1.89. The first kappa shape index (κ1) is 12.7. The first-order valence-corrected chi connectivity index (χ1v) is 4.23. The smallest absolute Gasteiger partial charge is 0.334 e. The van der Waals surface area contributed by atoms with Crippen molar-refractivity contribution in [1.82, 2.24) is 4.98 Å². The van der Waals surface area contributed by atoms with E-state index in [9.17, 15) is 28.5 Å². The zero-order valence-corrected chi connectivity index (χ0v) is 8.15. The number of nitrogens with one attached hydrogen (secondary N) is 1. The molecule has 0 aliphatic rings. The zero-order chi connectivity index (χ0) is 13.2. The van der Waals surface area contributed by atoms with E-state index >= 15 is 0 Å². The molecule has 0 amide bonds. The number of carbonyl (C=O) groups is 1. The summed E-state index contributed by atoms with van der Waals surface area (Å²) in [5.74, 6) is -1.44. The van der Waals surface area contributed by atoms with Gasteiger partial charge in [-0.3, -0.25) is 19.7 Å². The SMILES string of the molecule is O=C(O)Cc1cc([N+](=O)[O-])c(=O)[nH]c1C(F)F. The van der Waals surface area contributed by atoms with Gasteiger partial charge in [-0.05, 0) is 5.56 Å². The number of carboxylic acid groups (broad SMARTS) is 1. The van der Waals surface area contributed by atoms with Crippen molar-refractivity contribution in [2.75, 3.05) is 0 Å². The monoisotopic (exact) mass is 248 g/mol. The molecule has 1 aromatic heterocycles. The van der Waals surface area contributed by atoms with E-state index in [1.165, 1.54) is 0 Å². The van der Waals surface area contributed by atoms with Crippen LogP contribution in [0.4, 0.5) is 14.5 Å². The van der Waals surface area contributed by atoms with Gasteiger partial charge in [0, 0.05) is 6.07 Å². The molecule has 17 heavy (non-hydrogen) atoms. The van der Waals surface area contributed by atoms with Gasteiger partial charge < -0.3 is 10.1 Å². The fourth-order valence-corrected chi connectivity index (χ4v) is 1.21. The number of nitro groups is 1. The van der Waals surface area contributed by atoms with Gasteiger partial charge in [-0.25, -0.2) is 8.78 Å². The van der Waals surface area contributed by atoms with Crippen molar-refractivity contribution in [2.45, 2.75) is 12.8 Å². The van der Waals surface area contributed by atoms with Crippen LogP contribution in [-0.4, -0.2) is 21.0 Å². The molecule has 92 valence electrons. The first-order valence-electron chi connectivity index (χ1n) is 4.23. The molecule has 0 saturated heterocycles. The van der Waals surface area contributed by atoms with E-state index in [0.717, 1.165) is 0 Å². The molecule has 1 heterocycles. The van der Waals surface area contributed by atoms with Crippen molar-refractivity contribution in [1.29, 1.82) is 0 Å². The number of nitrogens with zero attached hydrogens (tertiary/aromatic N) is 1. The Labute approximate surface area is 91.8 Å². The first-order chi connectivity index (χ1) is 7.82. The van der Waals surface area contributed by atoms with E-state index in [4.69, 9.17) is 5.11 Å². The van der Waals surface area contributed by atoms with Crippen molar-refractivity contribution in [2.24, 2.45) is 0 Å². The molecule has 0 aliphatic heterocycles. The average Bonchev–Trinajstić information content (AvgIpc) is 2.18. The molecule has 0 radical (unpaired) electrons. The number of pyridine rings is 1. The standard InChI is InChI=1S/C8H6F2N2O5/c9-7(10)6-3(2-5(13)14)1-4(12(16)17)8(15)11-6/h1,7H,2H2,(H,11,15)(H,13,14). The lowest BCUT2D eigenvalue weighted by Gasteiger charge is -2.05. The summed E-state index contributed by atoms with van der Waals surface area (Å²) in [7, 11) is 0. The Kier molecular flexibility index (Phi) is 3.51. The van der Waals surface area contributed by atoms with Gasteiger partial charge in [-0.15, -0.1) is 0 Å². The molecule has 1 rings (SSSR count). The summed E-state index contributed by atoms with van der Waals surface area (Å²) in [5.41, 5.74) is -3.66. The van der Waals surface area contributed by atoms with Gasteiger partial charge in [0.2, 0.25) is 0 Å². The predicted molar refractivity (Wildman–Crippen MR) is 50.0 cm³/mol. The van der Waals surface area contributed by atoms with E-state index < -0.39 is 46.2 Å². The third-order valence-corrected chi connectivity index (χ3v) is 1.89. The van der Waals surface area contributed by atoms with Crippen LogP contribution in [0.3, 0.4) is 0 Å². The van der Waals surface area contributed by atoms with Crippen molar-refractivity contribution in [3.63, 3.8) is 0 Å². The van der Waals surface area contributed by atoms with Gasteiger partial charge in [0.1, 0.15) is 0 Å². The van der Waals surface area contributed by atoms with Crippen molar-refractivity contribution in [3.8, 4) is 0 Å². The quantitative estimate of drug-likeness (QED) is 0.605. The van der Waals surface area contributed by atoms with Crippen LogP contribution in [0.2, 0.25) is 0 Å². The van der Waals surface area contributed by atoms with Crippen LogP contribution in [0.25, 0.3) is 0 Å². The molecule has 0 unspecified atom stereocenters. The Bertz CT molecular complexity index is 525. The molecule has 2 N–H and O–H groups in total. The Morgan fingerprint density at radius 2 is 2.18 bits per heavy atom. The van der Waals surface area contributed by atoms with Gasteiger partial charge in [-0.2, -0.15) is 0 Å². The Morgan fingerprint density at radius 1 is 1.59 bits per heavy atom. The number of hydrogen-bond donors (Lipinski definition) is 2. The Hall–Kier alpha value is -2.32. The highest BCUT2D eigenvalue weighted by atomic mass is 19.3. The minimum Gasteiger partial charge on any atom is -0.481 e. The maximum absolute atomic E-state index is 12.5. The lowest BCUT2D eigenvalue weighted by Crippen LogP contribution is -2.17. The summed E-state index contributed by atoms with van der Waals surface area (Å²) >= 11 is 0. The van der Waals surface area contributed by atoms with Crippen LogP contribution in [0.5, 0.6) is 0 Å². The number of H-pyrrole nitrogens is 1. The fraction of sp³-hybridized carbons (Fsp3) is 0.250. The summed E-state index contributed by atoms with van der Waals surface area (Å²) in [6, 6.07) is 0.550. The van der Waals surface area contributed by atoms with Gasteiger partial charge in [0.15, 0.2) is 0 Å². The molecule has 0 spiro atoms. The number of halogens is 2. The van der Waals surface area contributed by atoms with Crippen LogP contribution >= 0.6 is 0 Å². The van der Waals surface area contributed by atoms with Crippen LogP contribution in [-0.2, 0) is 11.2 Å². The molecule has 7 nitrogen and oxygen atoms in total. The second kappa shape index (κ2) is 4.68. The highest BCUT2D eigenvalue weighted by Crippen LogP contribution is 2.22. The summed E-state index contributed by atoms with van der Waals surface area (Å²) in [4.78, 5) is 32.4. The zero-order valence-electron chi connectivity index (χ0n) is 8.15. The highest BCUT2D eigenvalue weighted by molar-refractivity contribution is 5.70. The van der Waals surface area contributed by atoms with Crippen LogP contribution in [0.15, 0.2) is 10.9 Å². The van der Waals surface area contributed by atoms with E-state index in [2.05, 4.69) is 0 Å². The lowest BCUT2D eigenvalue weighted by molar-refractivity contribution is -0.386. The molecule has 0 aromatic carbocycles. The van der Waals surface area contributed by atoms with E-state index in [0.29, 0.717) is 6.07 Å². The highest BCUT2D eigenvalue weighted by Gasteiger charge is 2.22. The number of carboxylic acids is 1. The molecular weight excluding hydrogens is 242 g/mol. The van der Waals surface area contributed by atoms with Gasteiger partial charge in [0.05, 0.1) is 17.0 Å². The number of aromatic nitrogens is 1. The number of aliphatic carboxylic acids is 1. The summed E-state index contributed by atoms with van der Waals surface area (Å²) in [6.07, 6.45) is -3.95. The van der Waals surface area contributed by atoms with Gasteiger partial charge >= 0.3 is 17.2 Å². The summed E-state index contributed by atoms with van der Waals surface area (Å²) in [5, 5.41) is 18.9. The van der Waals surface area contributed by atoms with E-state index in [-0.39, 0.29) is 0 Å². The predicted octanol–water partition coefficient (Wildman–Crippen LogP) is 0.848. The van der Waals surface area contributed by atoms with E-state index in [1.54, 1.807) is 4.98 Å². The minimum atomic E-state index is -3.11. The molecule has 0 saturated carbocycles. The Balaban J connectivity index is 3.42. The third kappa shape index (κ3) is 2.83. The number of hydrogen-bond acceptors (Lipinski definition) is 4. The molecule has 0 fully saturated rings. The van der Waals surface area contributed by atoms with Crippen LogP contribution in [0.1, 0.15) is 17.7 Å². The molecule has 9 heteroatoms. The number of aromatic amines is 1. The number of rotatable bonds is 4. The van der Waals surface area contributed by atoms with Crippen LogP contribution in [0, 0.1) is 10.1 Å². The summed E-state index contributed by atoms with van der Waals surface area (Å²) < 4.78 is 24.9. The largest absolute Gasteiger partial charge is 0.481 e. The maximum atomic E-state index is 12.5. The summed E-state index contributed by atoms with van der Waals surface area (Å²) in [6.45, 7) is 0. The van der Waals surface area contributed by atoms with E-state index in [1.807, 2.05) is 0 Å². The van der Waals surface area contributed by atoms with Crippen molar-refractivity contribution >= 4 is 11.7 Å². The fourth-order valence-electron chi connectivity index (χ4n) is 1.21. The molecule has 0 bridgehead atoms. The molecule has 1 aromatic rings. The molecule has 0 aliphatic carbocycles. The topological polar surface area (TPSA) is 113 Å². The Morgan fingerprint density at radius 3 is 2.59 bits per heavy atom. The lowest BCUT2D eigenvalue weighted by atomic mass is 10.1. The molecular formula is C8H6F2N2O5. The van der Waals surface area contributed by atoms with Crippen molar-refractivity contribution in [3.05, 3.63) is 37.8 Å². The number of alkyl halides is 2. The van der Waals surface area contributed by atoms with Crippen LogP contribution < -0.4 is 5.56 Å². The maximum Gasteiger partial charge on any atom is 0.334 e. The second-order valence-corrected chi connectivity index (χ2v) is 3.05. The van der Waals surface area contributed by atoms with Crippen molar-refractivity contribution < 1.29 is 23.6 Å². The average molecular weight is 248 g/mol. The second-order valence-electron chi connectivity index (χ2n) is 3.05. The minimum absolute atomic E-state index is 0.487. The van der Waals surface area contributed by atoms with Gasteiger partial charge in [-0.1, -0.05) is 0 Å².